The first-order valence-electron chi connectivity index (χ1n) is 11.4. The number of pyridine rings is 1. The van der Waals surface area contributed by atoms with Crippen LogP contribution in [-0.2, 0) is 6.42 Å². The Kier molecular flexibility index (Phi) is 4.46. The van der Waals surface area contributed by atoms with Gasteiger partial charge in [0.2, 0.25) is 5.65 Å². The number of nitrogens with two attached hydrogens (primary N) is 1. The van der Waals surface area contributed by atoms with Gasteiger partial charge >= 0.3 is 0 Å². The molecule has 0 unspecified atom stereocenters. The first kappa shape index (κ1) is 20.5. The van der Waals surface area contributed by atoms with Gasteiger partial charge in [0.25, 0.3) is 6.43 Å². The van der Waals surface area contributed by atoms with Crippen LogP contribution in [0.4, 0.5) is 14.6 Å². The molecule has 1 atom stereocenters. The van der Waals surface area contributed by atoms with Crippen LogP contribution in [0.1, 0.15) is 67.7 Å². The highest BCUT2D eigenvalue weighted by molar-refractivity contribution is 5.78. The van der Waals surface area contributed by atoms with E-state index in [1.165, 1.54) is 0 Å². The number of halogens is 2. The Hall–Kier alpha value is -3.12. The molecule has 7 nitrogen and oxygen atoms in total. The van der Waals surface area contributed by atoms with Crippen molar-refractivity contribution >= 4 is 17.0 Å². The summed E-state index contributed by atoms with van der Waals surface area (Å²) in [6.07, 6.45) is 3.53. The van der Waals surface area contributed by atoms with Crippen molar-refractivity contribution < 1.29 is 8.78 Å². The van der Waals surface area contributed by atoms with Gasteiger partial charge in [-0.05, 0) is 62.0 Å². The van der Waals surface area contributed by atoms with E-state index in [1.807, 2.05) is 17.0 Å². The Morgan fingerprint density at radius 3 is 2.70 bits per heavy atom. The molecule has 3 aromatic rings. The normalized spacial score (nSPS) is 22.5. The summed E-state index contributed by atoms with van der Waals surface area (Å²) >= 11 is 0. The highest BCUT2D eigenvalue weighted by Crippen LogP contribution is 2.50. The van der Waals surface area contributed by atoms with Crippen LogP contribution in [-0.4, -0.2) is 38.2 Å². The summed E-state index contributed by atoms with van der Waals surface area (Å²) in [5.74, 6) is 6.43. The number of piperidine rings is 1. The monoisotopic (exact) mass is 449 g/mol. The molecule has 0 aromatic carbocycles. The lowest BCUT2D eigenvalue weighted by atomic mass is 9.73. The van der Waals surface area contributed by atoms with Crippen LogP contribution in [0.2, 0.25) is 0 Å². The first-order valence-corrected chi connectivity index (χ1v) is 11.4. The summed E-state index contributed by atoms with van der Waals surface area (Å²) < 4.78 is 28.1. The predicted molar refractivity (Wildman–Crippen MR) is 120 cm³/mol. The van der Waals surface area contributed by atoms with Gasteiger partial charge in [-0.15, -0.1) is 0 Å². The van der Waals surface area contributed by atoms with E-state index < -0.39 is 6.43 Å². The van der Waals surface area contributed by atoms with E-state index in [4.69, 9.17) is 5.73 Å². The van der Waals surface area contributed by atoms with Crippen LogP contribution in [0, 0.1) is 22.7 Å². The maximum absolute atomic E-state index is 14.0. The van der Waals surface area contributed by atoms with Crippen LogP contribution in [0.25, 0.3) is 11.2 Å². The number of hydrogen-bond donors (Lipinski definition) is 2. The summed E-state index contributed by atoms with van der Waals surface area (Å²) in [6.45, 7) is 3.24. The van der Waals surface area contributed by atoms with Crippen molar-refractivity contribution in [2.45, 2.75) is 51.5 Å². The summed E-state index contributed by atoms with van der Waals surface area (Å²) in [5.41, 5.74) is 9.44. The van der Waals surface area contributed by atoms with Crippen molar-refractivity contribution in [3.8, 4) is 11.8 Å². The lowest BCUT2D eigenvalue weighted by Crippen LogP contribution is -2.45. The molecular formula is C24H25F2N7. The first-order chi connectivity index (χ1) is 15.9. The molecule has 3 aromatic heterocycles. The molecule has 1 aliphatic heterocycles. The largest absolute Gasteiger partial charge is 0.355 e. The van der Waals surface area contributed by atoms with E-state index >= 15 is 0 Å². The molecule has 0 radical (unpaired) electrons. The minimum absolute atomic E-state index is 0.0103. The van der Waals surface area contributed by atoms with Crippen molar-refractivity contribution in [2.24, 2.45) is 16.6 Å². The molecule has 6 rings (SSSR count). The highest BCUT2D eigenvalue weighted by Gasteiger charge is 2.47. The summed E-state index contributed by atoms with van der Waals surface area (Å²) in [6, 6.07) is 3.87. The van der Waals surface area contributed by atoms with E-state index in [0.29, 0.717) is 29.9 Å². The fourth-order valence-corrected chi connectivity index (χ4v) is 5.14. The molecule has 1 saturated heterocycles. The lowest BCUT2D eigenvalue weighted by molar-refractivity contribution is 0.145. The molecule has 9 heteroatoms. The maximum atomic E-state index is 14.0. The minimum atomic E-state index is -2.74. The number of anilines is 1. The van der Waals surface area contributed by atoms with Gasteiger partial charge < -0.3 is 10.6 Å². The Bertz CT molecular complexity index is 1290. The molecule has 1 spiro atoms. The smallest absolute Gasteiger partial charge is 0.284 e. The quantitative estimate of drug-likeness (QED) is 0.580. The SMILES string of the molecule is CC1(C#Cc2[nH]nc3nc(N4CCC5(CC4)Cc4ncccc4[C@H]5N)c(C(F)F)nc23)CC1. The molecule has 3 N–H and O–H groups in total. The van der Waals surface area contributed by atoms with Crippen molar-refractivity contribution in [1.29, 1.82) is 0 Å². The second kappa shape index (κ2) is 7.19. The van der Waals surface area contributed by atoms with Crippen molar-refractivity contribution in [2.75, 3.05) is 18.0 Å². The number of hydrogen-bond acceptors (Lipinski definition) is 6. The van der Waals surface area contributed by atoms with Crippen LogP contribution < -0.4 is 10.6 Å². The fourth-order valence-electron chi connectivity index (χ4n) is 5.14. The van der Waals surface area contributed by atoms with E-state index in [-0.39, 0.29) is 28.4 Å². The molecule has 2 aliphatic carbocycles. The number of alkyl halides is 2. The molecule has 1 saturated carbocycles. The van der Waals surface area contributed by atoms with Crippen molar-refractivity contribution in [3.05, 3.63) is 41.0 Å². The molecule has 170 valence electrons. The zero-order valence-electron chi connectivity index (χ0n) is 18.4. The molecule has 3 aliphatic rings. The maximum Gasteiger partial charge on any atom is 0.284 e. The third kappa shape index (κ3) is 3.35. The number of fused-ring (bicyclic) bond motifs is 2. The number of nitrogens with one attached hydrogen (secondary N) is 1. The standard InChI is InChI=1S/C24H25F2N7/c1-23(6-7-23)5-4-15-17-21(32-31-15)30-22(18(29-17)20(25)26)33-11-8-24(9-12-33)13-16-14(19(24)27)3-2-10-28-16/h2-3,10,19-20H,6-9,11-13,27H2,1H3,(H,30,31,32)/t19-/m1/s1. The van der Waals surface area contributed by atoms with Gasteiger partial charge in [0.15, 0.2) is 5.82 Å². The predicted octanol–water partition coefficient (Wildman–Crippen LogP) is 3.68. The number of H-pyrrole nitrogens is 1. The molecule has 0 amide bonds. The van der Waals surface area contributed by atoms with Gasteiger partial charge in [0, 0.05) is 36.4 Å². The van der Waals surface area contributed by atoms with E-state index in [2.05, 4.69) is 43.9 Å². The van der Waals surface area contributed by atoms with E-state index in [1.54, 1.807) is 6.20 Å². The van der Waals surface area contributed by atoms with Gasteiger partial charge in [0.05, 0.1) is 0 Å². The number of nitrogens with zero attached hydrogens (tertiary/aromatic N) is 5. The second-order valence-electron chi connectivity index (χ2n) is 9.86. The second-order valence-corrected chi connectivity index (χ2v) is 9.86. The summed E-state index contributed by atoms with van der Waals surface area (Å²) in [4.78, 5) is 15.2. The Labute approximate surface area is 190 Å². The average Bonchev–Trinajstić information content (AvgIpc) is 3.32. The van der Waals surface area contributed by atoms with Crippen LogP contribution in [0.5, 0.6) is 0 Å². The topological polar surface area (TPSA) is 96.6 Å². The Balaban J connectivity index is 1.29. The van der Waals surface area contributed by atoms with Crippen molar-refractivity contribution in [1.82, 2.24) is 25.1 Å². The Morgan fingerprint density at radius 2 is 2.00 bits per heavy atom. The average molecular weight is 450 g/mol. The van der Waals surface area contributed by atoms with E-state index in [9.17, 15) is 8.78 Å². The number of rotatable bonds is 2. The highest BCUT2D eigenvalue weighted by atomic mass is 19.3. The van der Waals surface area contributed by atoms with Gasteiger partial charge in [-0.3, -0.25) is 10.1 Å². The fraction of sp³-hybridized carbons (Fsp3) is 0.500. The lowest BCUT2D eigenvalue weighted by Gasteiger charge is -2.42. The molecule has 2 fully saturated rings. The van der Waals surface area contributed by atoms with Crippen molar-refractivity contribution in [3.63, 3.8) is 0 Å². The summed E-state index contributed by atoms with van der Waals surface area (Å²) in [7, 11) is 0. The molecule has 0 bridgehead atoms. The molecule has 33 heavy (non-hydrogen) atoms. The van der Waals surface area contributed by atoms with Crippen LogP contribution in [0.15, 0.2) is 18.3 Å². The molecular weight excluding hydrogens is 424 g/mol. The van der Waals surface area contributed by atoms with E-state index in [0.717, 1.165) is 43.4 Å². The zero-order chi connectivity index (χ0) is 22.8. The third-order valence-corrected chi connectivity index (χ3v) is 7.59. The van der Waals surface area contributed by atoms with Gasteiger partial charge in [0.1, 0.15) is 16.9 Å². The zero-order valence-corrected chi connectivity index (χ0v) is 18.4. The van der Waals surface area contributed by atoms with Gasteiger partial charge in [-0.2, -0.15) is 5.10 Å². The minimum Gasteiger partial charge on any atom is -0.355 e. The van der Waals surface area contributed by atoms with Crippen LogP contribution >= 0.6 is 0 Å². The Morgan fingerprint density at radius 1 is 1.21 bits per heavy atom. The third-order valence-electron chi connectivity index (χ3n) is 7.59. The van der Waals surface area contributed by atoms with Crippen LogP contribution in [0.3, 0.4) is 0 Å². The van der Waals surface area contributed by atoms with Gasteiger partial charge in [-0.1, -0.05) is 12.0 Å². The number of aromatic amines is 1. The summed E-state index contributed by atoms with van der Waals surface area (Å²) in [5, 5.41) is 7.04. The van der Waals surface area contributed by atoms with Gasteiger partial charge in [-0.25, -0.2) is 18.7 Å². The molecule has 4 heterocycles. The number of aromatic nitrogens is 5.